The maximum atomic E-state index is 13.1. The molecule has 9 heteroatoms. The minimum absolute atomic E-state index is 0.0374. The molecule has 0 spiro atoms. The van der Waals surface area contributed by atoms with E-state index in [1.54, 1.807) is 18.4 Å². The molecular weight excluding hydrogens is 470 g/mol. The van der Waals surface area contributed by atoms with Crippen LogP contribution in [0.4, 0.5) is 0 Å². The molecule has 1 aliphatic carbocycles. The van der Waals surface area contributed by atoms with Crippen LogP contribution in [0.1, 0.15) is 35.3 Å². The Hall–Kier alpha value is -2.36. The number of nitrogens with zero attached hydrogens (tertiary/aromatic N) is 2. The number of ether oxygens (including phenoxy) is 2. The number of methoxy groups -OCH3 is 1. The zero-order valence-electron chi connectivity index (χ0n) is 16.2. The van der Waals surface area contributed by atoms with Gasteiger partial charge in [0.05, 0.1) is 29.1 Å². The maximum absolute atomic E-state index is 13.1. The number of thiophene rings is 1. The number of aliphatic hydroxyl groups is 1. The fourth-order valence-electron chi connectivity index (χ4n) is 4.10. The fourth-order valence-corrected chi connectivity index (χ4v) is 5.22. The molecule has 2 aliphatic rings. The van der Waals surface area contributed by atoms with E-state index in [1.807, 2.05) is 33.6 Å². The average molecular weight is 490 g/mol. The van der Waals surface area contributed by atoms with Gasteiger partial charge in [0.15, 0.2) is 5.69 Å². The third-order valence-electron chi connectivity index (χ3n) is 5.57. The van der Waals surface area contributed by atoms with Crippen LogP contribution < -0.4 is 14.8 Å². The summed E-state index contributed by atoms with van der Waals surface area (Å²) in [5, 5.41) is 21.5. The van der Waals surface area contributed by atoms with Gasteiger partial charge < -0.3 is 19.9 Å². The predicted octanol–water partition coefficient (Wildman–Crippen LogP) is 3.91. The average Bonchev–Trinajstić information content (AvgIpc) is 3.46. The number of benzene rings is 1. The van der Waals surface area contributed by atoms with E-state index in [0.717, 1.165) is 33.4 Å². The second kappa shape index (κ2) is 7.72. The lowest BCUT2D eigenvalue weighted by molar-refractivity contribution is 0.0926. The standard InChI is InChI=1S/C21H20BrN3O4S/c1-28-18-8-17-14(7-16(18)22)20-15(9-29-17)19(24-25(20)12-4-5-30-10-12)21(27)23-11-2-3-13(26)6-11/h4-5,7-8,10-11,13,26H,2-3,6,9H2,1H3,(H,23,27)/t11-,13-/m0/s1. The number of aliphatic hydroxyl groups excluding tert-OH is 1. The first-order valence-electron chi connectivity index (χ1n) is 9.69. The number of carbonyl (C=O) groups is 1. The molecule has 0 radical (unpaired) electrons. The molecule has 2 N–H and O–H groups in total. The highest BCUT2D eigenvalue weighted by Gasteiger charge is 2.33. The highest BCUT2D eigenvalue weighted by atomic mass is 79.9. The van der Waals surface area contributed by atoms with Crippen LogP contribution in [-0.4, -0.2) is 40.0 Å². The summed E-state index contributed by atoms with van der Waals surface area (Å²) in [6.07, 6.45) is 1.70. The van der Waals surface area contributed by atoms with Crippen LogP contribution in [0.25, 0.3) is 16.9 Å². The van der Waals surface area contributed by atoms with Crippen LogP contribution in [-0.2, 0) is 6.61 Å². The summed E-state index contributed by atoms with van der Waals surface area (Å²) < 4.78 is 14.0. The number of aromatic nitrogens is 2. The van der Waals surface area contributed by atoms with Gasteiger partial charge in [0.2, 0.25) is 0 Å². The molecule has 0 unspecified atom stereocenters. The van der Waals surface area contributed by atoms with Crippen LogP contribution in [0.3, 0.4) is 0 Å². The van der Waals surface area contributed by atoms with Crippen molar-refractivity contribution < 1.29 is 19.4 Å². The molecule has 3 aromatic rings. The number of carbonyl (C=O) groups excluding carboxylic acids is 1. The molecule has 1 amide bonds. The van der Waals surface area contributed by atoms with E-state index >= 15 is 0 Å². The quantitative estimate of drug-likeness (QED) is 0.580. The molecule has 0 bridgehead atoms. The van der Waals surface area contributed by atoms with Crippen LogP contribution in [0.15, 0.2) is 33.4 Å². The predicted molar refractivity (Wildman–Crippen MR) is 117 cm³/mol. The Bertz CT molecular complexity index is 1110. The zero-order valence-corrected chi connectivity index (χ0v) is 18.6. The topological polar surface area (TPSA) is 85.6 Å². The van der Waals surface area contributed by atoms with Gasteiger partial charge in [-0.3, -0.25) is 4.79 Å². The Morgan fingerprint density at radius 1 is 1.43 bits per heavy atom. The molecular formula is C21H20BrN3O4S. The first-order valence-corrected chi connectivity index (χ1v) is 11.4. The van der Waals surface area contributed by atoms with Gasteiger partial charge >= 0.3 is 0 Å². The third kappa shape index (κ3) is 3.30. The van der Waals surface area contributed by atoms with Gasteiger partial charge in [-0.25, -0.2) is 4.68 Å². The largest absolute Gasteiger partial charge is 0.495 e. The lowest BCUT2D eigenvalue weighted by Gasteiger charge is -2.21. The summed E-state index contributed by atoms with van der Waals surface area (Å²) in [6.45, 7) is 0.243. The summed E-state index contributed by atoms with van der Waals surface area (Å²) in [6, 6.07) is 5.71. The molecule has 1 fully saturated rings. The van der Waals surface area contributed by atoms with Gasteiger partial charge in [-0.2, -0.15) is 16.4 Å². The van der Waals surface area contributed by atoms with E-state index in [1.165, 1.54) is 0 Å². The van der Waals surface area contributed by atoms with Gasteiger partial charge in [-0.05, 0) is 52.7 Å². The lowest BCUT2D eigenvalue weighted by Crippen LogP contribution is -2.34. The third-order valence-corrected chi connectivity index (χ3v) is 6.86. The maximum Gasteiger partial charge on any atom is 0.272 e. The Labute approximate surface area is 185 Å². The van der Waals surface area contributed by atoms with Gasteiger partial charge in [-0.1, -0.05) is 0 Å². The smallest absolute Gasteiger partial charge is 0.272 e. The Balaban J connectivity index is 1.61. The highest BCUT2D eigenvalue weighted by Crippen LogP contribution is 2.44. The van der Waals surface area contributed by atoms with Crippen molar-refractivity contribution >= 4 is 33.2 Å². The van der Waals surface area contributed by atoms with E-state index in [4.69, 9.17) is 9.47 Å². The minimum Gasteiger partial charge on any atom is -0.495 e. The molecule has 30 heavy (non-hydrogen) atoms. The number of fused-ring (bicyclic) bond motifs is 3. The van der Waals surface area contributed by atoms with Crippen molar-refractivity contribution in [3.63, 3.8) is 0 Å². The van der Waals surface area contributed by atoms with Crippen LogP contribution in [0, 0.1) is 0 Å². The Morgan fingerprint density at radius 2 is 2.30 bits per heavy atom. The van der Waals surface area contributed by atoms with Gasteiger partial charge in [-0.15, -0.1) is 0 Å². The van der Waals surface area contributed by atoms with Crippen LogP contribution in [0.2, 0.25) is 0 Å². The number of halogens is 1. The molecule has 2 aromatic heterocycles. The highest BCUT2D eigenvalue weighted by molar-refractivity contribution is 9.10. The normalized spacial score (nSPS) is 19.7. The molecule has 1 saturated carbocycles. The van der Waals surface area contributed by atoms with Crippen molar-refractivity contribution in [2.75, 3.05) is 7.11 Å². The summed E-state index contributed by atoms with van der Waals surface area (Å²) in [5.74, 6) is 1.13. The van der Waals surface area contributed by atoms with Crippen molar-refractivity contribution in [3.05, 3.63) is 44.7 Å². The Morgan fingerprint density at radius 3 is 3.00 bits per heavy atom. The van der Waals surface area contributed by atoms with Crippen LogP contribution >= 0.6 is 27.3 Å². The number of amides is 1. The molecule has 1 aromatic carbocycles. The van der Waals surface area contributed by atoms with E-state index in [-0.39, 0.29) is 24.7 Å². The summed E-state index contributed by atoms with van der Waals surface area (Å²) in [7, 11) is 1.61. The number of hydrogen-bond acceptors (Lipinski definition) is 6. The molecule has 3 heterocycles. The Kier molecular flexibility index (Phi) is 5.04. The van der Waals surface area contributed by atoms with Crippen molar-refractivity contribution in [3.8, 4) is 28.4 Å². The number of rotatable bonds is 4. The molecule has 5 rings (SSSR count). The van der Waals surface area contributed by atoms with E-state index in [2.05, 4.69) is 26.3 Å². The zero-order chi connectivity index (χ0) is 20.8. The monoisotopic (exact) mass is 489 g/mol. The van der Waals surface area contributed by atoms with Gasteiger partial charge in [0, 0.05) is 28.6 Å². The van der Waals surface area contributed by atoms with Crippen molar-refractivity contribution in [1.29, 1.82) is 0 Å². The van der Waals surface area contributed by atoms with Crippen molar-refractivity contribution in [1.82, 2.24) is 15.1 Å². The van der Waals surface area contributed by atoms with Crippen molar-refractivity contribution in [2.24, 2.45) is 0 Å². The number of nitrogens with one attached hydrogen (secondary N) is 1. The first-order chi connectivity index (χ1) is 14.5. The molecule has 1 aliphatic heterocycles. The second-order valence-corrected chi connectivity index (χ2v) is 9.11. The minimum atomic E-state index is -0.352. The molecule has 2 atom stereocenters. The van der Waals surface area contributed by atoms with E-state index in [0.29, 0.717) is 30.0 Å². The van der Waals surface area contributed by atoms with Crippen molar-refractivity contribution in [2.45, 2.75) is 38.0 Å². The lowest BCUT2D eigenvalue weighted by atomic mass is 10.0. The van der Waals surface area contributed by atoms with Gasteiger partial charge in [0.1, 0.15) is 18.1 Å². The molecule has 156 valence electrons. The number of hydrogen-bond donors (Lipinski definition) is 2. The summed E-state index contributed by atoms with van der Waals surface area (Å²) >= 11 is 5.12. The summed E-state index contributed by atoms with van der Waals surface area (Å²) in [4.78, 5) is 13.1. The SMILES string of the molecule is COc1cc2c(cc1Br)-c1c(c(C(=O)N[C@H]3CC[C@H](O)C3)nn1-c1ccsc1)CO2. The van der Waals surface area contributed by atoms with Crippen LogP contribution in [0.5, 0.6) is 11.5 Å². The van der Waals surface area contributed by atoms with E-state index < -0.39 is 0 Å². The van der Waals surface area contributed by atoms with E-state index in [9.17, 15) is 9.90 Å². The fraction of sp³-hybridized carbons (Fsp3) is 0.333. The molecule has 0 saturated heterocycles. The summed E-state index contributed by atoms with van der Waals surface area (Å²) in [5.41, 5.74) is 3.69. The second-order valence-electron chi connectivity index (χ2n) is 7.48. The van der Waals surface area contributed by atoms with Gasteiger partial charge in [0.25, 0.3) is 5.91 Å². The molecule has 7 nitrogen and oxygen atoms in total. The first kappa shape index (κ1) is 19.6.